The van der Waals surface area contributed by atoms with Gasteiger partial charge in [0, 0.05) is 16.5 Å². The molecular formula is C20H15BrN2O5. The normalized spacial score (nSPS) is 22.5. The Kier molecular flexibility index (Phi) is 3.51. The second kappa shape index (κ2) is 5.65. The van der Waals surface area contributed by atoms with Crippen LogP contribution in [0.4, 0.5) is 0 Å². The van der Waals surface area contributed by atoms with Crippen LogP contribution in [0.5, 0.6) is 0 Å². The molecule has 0 spiro atoms. The predicted octanol–water partition coefficient (Wildman–Crippen LogP) is 2.27. The Hall–Kier alpha value is -2.71. The molecule has 0 amide bonds. The summed E-state index contributed by atoms with van der Waals surface area (Å²) in [4.78, 5) is 41.1. The van der Waals surface area contributed by atoms with Gasteiger partial charge in [0.1, 0.15) is 11.6 Å². The highest BCUT2D eigenvalue weighted by molar-refractivity contribution is 9.09. The van der Waals surface area contributed by atoms with E-state index in [1.165, 1.54) is 4.57 Å². The lowest BCUT2D eigenvalue weighted by Gasteiger charge is -2.31. The Morgan fingerprint density at radius 1 is 1.32 bits per heavy atom. The summed E-state index contributed by atoms with van der Waals surface area (Å²) in [6.45, 7) is 1.44. The molecule has 0 fully saturated rings. The molecule has 0 saturated carbocycles. The standard InChI is InChI=1S/C20H15BrN2O5/c1-2-20(27)11-7-13-15-14(16(24)9-5-3-4-6-12(9)22-15)17(21)23(13)18(25)10(11)8-28-19(20)26/h3-7,17,27H,2,8H2,1H3,(H,22,24)/t17?,20-/m0/s1. The quantitative estimate of drug-likeness (QED) is 0.444. The van der Waals surface area contributed by atoms with Crippen LogP contribution in [-0.2, 0) is 21.7 Å². The number of carbonyl (C=O) groups excluding carboxylic acids is 1. The number of rotatable bonds is 1. The largest absolute Gasteiger partial charge is 0.458 e. The van der Waals surface area contributed by atoms with Crippen molar-refractivity contribution in [2.24, 2.45) is 0 Å². The second-order valence-corrected chi connectivity index (χ2v) is 7.88. The van der Waals surface area contributed by atoms with E-state index in [1.807, 2.05) is 6.07 Å². The van der Waals surface area contributed by atoms with E-state index in [-0.39, 0.29) is 29.6 Å². The number of aliphatic hydroxyl groups is 1. The predicted molar refractivity (Wildman–Crippen MR) is 105 cm³/mol. The van der Waals surface area contributed by atoms with Crippen molar-refractivity contribution in [3.8, 4) is 11.4 Å². The van der Waals surface area contributed by atoms with Crippen LogP contribution >= 0.6 is 15.9 Å². The number of H-pyrrole nitrogens is 1. The van der Waals surface area contributed by atoms with Crippen molar-refractivity contribution in [1.29, 1.82) is 0 Å². The molecule has 5 rings (SSSR count). The first-order chi connectivity index (χ1) is 13.4. The van der Waals surface area contributed by atoms with Crippen LogP contribution in [0.2, 0.25) is 0 Å². The number of nitrogens with one attached hydrogen (secondary N) is 1. The Bertz CT molecular complexity index is 1310. The molecule has 142 valence electrons. The molecule has 0 bridgehead atoms. The summed E-state index contributed by atoms with van der Waals surface area (Å²) in [5.74, 6) is -0.771. The number of hydrogen-bond donors (Lipinski definition) is 2. The van der Waals surface area contributed by atoms with Crippen molar-refractivity contribution < 1.29 is 14.6 Å². The number of para-hydroxylation sites is 1. The van der Waals surface area contributed by atoms with Crippen molar-refractivity contribution in [3.05, 3.63) is 67.6 Å². The zero-order valence-electron chi connectivity index (χ0n) is 14.8. The van der Waals surface area contributed by atoms with Crippen LogP contribution in [0.1, 0.15) is 35.0 Å². The summed E-state index contributed by atoms with van der Waals surface area (Å²) in [6, 6.07) is 8.74. The van der Waals surface area contributed by atoms with Crippen molar-refractivity contribution in [2.75, 3.05) is 0 Å². The van der Waals surface area contributed by atoms with Crippen LogP contribution in [0.25, 0.3) is 22.3 Å². The minimum Gasteiger partial charge on any atom is -0.458 e. The van der Waals surface area contributed by atoms with E-state index in [1.54, 1.807) is 31.2 Å². The Morgan fingerprint density at radius 2 is 2.07 bits per heavy atom. The van der Waals surface area contributed by atoms with Crippen LogP contribution in [0.3, 0.4) is 0 Å². The van der Waals surface area contributed by atoms with E-state index in [9.17, 15) is 19.5 Å². The van der Waals surface area contributed by atoms with Gasteiger partial charge in [-0.2, -0.15) is 0 Å². The maximum absolute atomic E-state index is 13.2. The highest BCUT2D eigenvalue weighted by Gasteiger charge is 2.46. The van der Waals surface area contributed by atoms with Crippen molar-refractivity contribution in [1.82, 2.24) is 9.55 Å². The number of esters is 1. The zero-order valence-corrected chi connectivity index (χ0v) is 16.4. The molecule has 2 aliphatic heterocycles. The summed E-state index contributed by atoms with van der Waals surface area (Å²) >= 11 is 3.48. The number of hydrogen-bond acceptors (Lipinski definition) is 5. The number of carbonyl (C=O) groups is 1. The number of benzene rings is 1. The fourth-order valence-corrected chi connectivity index (χ4v) is 4.94. The number of fused-ring (bicyclic) bond motifs is 5. The van der Waals surface area contributed by atoms with Crippen LogP contribution < -0.4 is 11.0 Å². The molecule has 1 unspecified atom stereocenters. The highest BCUT2D eigenvalue weighted by atomic mass is 79.9. The average Bonchev–Trinajstić information content (AvgIpc) is 2.98. The number of aromatic nitrogens is 2. The van der Waals surface area contributed by atoms with Gasteiger partial charge in [-0.25, -0.2) is 4.79 Å². The second-order valence-electron chi connectivity index (χ2n) is 7.01. The first-order valence-electron chi connectivity index (χ1n) is 8.86. The summed E-state index contributed by atoms with van der Waals surface area (Å²) in [5.41, 5.74) is 0.0237. The Morgan fingerprint density at radius 3 is 2.82 bits per heavy atom. The first kappa shape index (κ1) is 17.4. The monoisotopic (exact) mass is 442 g/mol. The van der Waals surface area contributed by atoms with Crippen molar-refractivity contribution in [2.45, 2.75) is 30.5 Å². The lowest BCUT2D eigenvalue weighted by molar-refractivity contribution is -0.172. The molecule has 2 N–H and O–H groups in total. The molecular weight excluding hydrogens is 428 g/mol. The van der Waals surface area contributed by atoms with Crippen LogP contribution in [0, 0.1) is 0 Å². The number of cyclic esters (lactones) is 1. The van der Waals surface area contributed by atoms with E-state index >= 15 is 0 Å². The summed E-state index contributed by atoms with van der Waals surface area (Å²) < 4.78 is 6.52. The Labute approximate surface area is 166 Å². The average molecular weight is 443 g/mol. The van der Waals surface area contributed by atoms with Gasteiger partial charge >= 0.3 is 5.97 Å². The minimum absolute atomic E-state index is 0.0700. The zero-order chi connectivity index (χ0) is 19.8. The minimum atomic E-state index is -1.88. The molecule has 0 saturated heterocycles. The Balaban J connectivity index is 1.90. The van der Waals surface area contributed by atoms with Crippen LogP contribution in [0.15, 0.2) is 39.9 Å². The highest BCUT2D eigenvalue weighted by Crippen LogP contribution is 2.42. The van der Waals surface area contributed by atoms with Gasteiger partial charge in [-0.3, -0.25) is 14.2 Å². The van der Waals surface area contributed by atoms with E-state index in [2.05, 4.69) is 20.9 Å². The summed E-state index contributed by atoms with van der Waals surface area (Å²) in [7, 11) is 0. The van der Waals surface area contributed by atoms with E-state index in [0.29, 0.717) is 27.9 Å². The smallest absolute Gasteiger partial charge is 0.343 e. The first-order valence-corrected chi connectivity index (χ1v) is 9.78. The van der Waals surface area contributed by atoms with E-state index in [0.717, 1.165) is 0 Å². The van der Waals surface area contributed by atoms with Crippen molar-refractivity contribution >= 4 is 32.8 Å². The van der Waals surface area contributed by atoms with Gasteiger partial charge in [-0.05, 0) is 24.6 Å². The third kappa shape index (κ3) is 1.99. The number of ether oxygens (including phenoxy) is 1. The lowest BCUT2D eigenvalue weighted by atomic mass is 9.86. The number of pyridine rings is 2. The third-order valence-electron chi connectivity index (χ3n) is 5.65. The van der Waals surface area contributed by atoms with Crippen LogP contribution in [-0.4, -0.2) is 20.6 Å². The molecule has 8 heteroatoms. The molecule has 7 nitrogen and oxygen atoms in total. The molecule has 1 aromatic carbocycles. The van der Waals surface area contributed by atoms with Gasteiger partial charge in [0.05, 0.1) is 22.5 Å². The summed E-state index contributed by atoms with van der Waals surface area (Å²) in [5, 5.41) is 11.4. The van der Waals surface area contributed by atoms with Gasteiger partial charge in [-0.15, -0.1) is 0 Å². The van der Waals surface area contributed by atoms with E-state index < -0.39 is 22.1 Å². The molecule has 28 heavy (non-hydrogen) atoms. The third-order valence-corrected chi connectivity index (χ3v) is 6.52. The van der Waals surface area contributed by atoms with Gasteiger partial charge in [-0.1, -0.05) is 35.0 Å². The topological polar surface area (TPSA) is 101 Å². The number of nitrogens with zero attached hydrogens (tertiary/aromatic N) is 1. The van der Waals surface area contributed by atoms with Gasteiger partial charge in [0.25, 0.3) is 5.56 Å². The fourth-order valence-electron chi connectivity index (χ4n) is 4.10. The van der Waals surface area contributed by atoms with E-state index in [4.69, 9.17) is 4.74 Å². The molecule has 2 aliphatic rings. The van der Waals surface area contributed by atoms with Crippen molar-refractivity contribution in [3.63, 3.8) is 0 Å². The molecule has 3 aromatic rings. The van der Waals surface area contributed by atoms with Gasteiger partial charge < -0.3 is 14.8 Å². The van der Waals surface area contributed by atoms with Gasteiger partial charge in [0.15, 0.2) is 11.0 Å². The molecule has 2 atom stereocenters. The maximum Gasteiger partial charge on any atom is 0.343 e. The fraction of sp³-hybridized carbons (Fsp3) is 0.250. The SMILES string of the molecule is CC[C@@]1(O)C(=O)OCc2c1cc1n(c2=O)C(Br)c2c-1[nH]c1ccccc1c2=O. The molecule has 2 aromatic heterocycles. The number of halogens is 1. The molecule has 0 aliphatic carbocycles. The lowest BCUT2D eigenvalue weighted by Crippen LogP contribution is -2.44. The molecule has 0 radical (unpaired) electrons. The maximum atomic E-state index is 13.2. The summed E-state index contributed by atoms with van der Waals surface area (Å²) in [6.07, 6.45) is 0.0700. The number of alkyl halides is 1. The number of aromatic amines is 1. The molecule has 4 heterocycles. The van der Waals surface area contributed by atoms with Gasteiger partial charge in [0.2, 0.25) is 0 Å².